The largest absolute Gasteiger partial charge is 0.311 e. The molecule has 1 atom stereocenters. The number of benzene rings is 1. The standard InChI is InChI=1S/C14H13BrClFN2/c1-18-13(14-10(15)3-2-6-19-14)8-9-4-5-11(16)12(17)7-9/h2-7,13,18H,8H2,1H3. The van der Waals surface area contributed by atoms with E-state index in [4.69, 9.17) is 11.6 Å². The SMILES string of the molecule is CNC(Cc1ccc(Cl)c(F)c1)c1ncccc1Br. The summed E-state index contributed by atoms with van der Waals surface area (Å²) in [6.07, 6.45) is 2.38. The Morgan fingerprint density at radius 2 is 2.21 bits per heavy atom. The summed E-state index contributed by atoms with van der Waals surface area (Å²) < 4.78 is 14.4. The zero-order chi connectivity index (χ0) is 13.8. The first-order valence-electron chi connectivity index (χ1n) is 5.83. The molecule has 0 spiro atoms. The molecule has 1 heterocycles. The first-order valence-corrected chi connectivity index (χ1v) is 7.00. The zero-order valence-corrected chi connectivity index (χ0v) is 12.7. The lowest BCUT2D eigenvalue weighted by molar-refractivity contribution is 0.568. The van der Waals surface area contributed by atoms with Crippen molar-refractivity contribution in [2.45, 2.75) is 12.5 Å². The molecule has 1 aromatic carbocycles. The first kappa shape index (κ1) is 14.4. The molecule has 0 saturated heterocycles. The summed E-state index contributed by atoms with van der Waals surface area (Å²) in [5.74, 6) is -0.394. The van der Waals surface area contributed by atoms with Crippen molar-refractivity contribution in [1.29, 1.82) is 0 Å². The van der Waals surface area contributed by atoms with Gasteiger partial charge >= 0.3 is 0 Å². The van der Waals surface area contributed by atoms with Crippen LogP contribution in [0.4, 0.5) is 4.39 Å². The molecule has 19 heavy (non-hydrogen) atoms. The van der Waals surface area contributed by atoms with Gasteiger partial charge < -0.3 is 5.32 Å². The van der Waals surface area contributed by atoms with Crippen LogP contribution in [0.25, 0.3) is 0 Å². The van der Waals surface area contributed by atoms with E-state index in [2.05, 4.69) is 26.2 Å². The third-order valence-corrected chi connectivity index (χ3v) is 3.87. The van der Waals surface area contributed by atoms with Crippen molar-refractivity contribution in [2.75, 3.05) is 7.05 Å². The Bertz CT molecular complexity index is 577. The number of rotatable bonds is 4. The van der Waals surface area contributed by atoms with Gasteiger partial charge in [0.05, 0.1) is 16.8 Å². The number of aromatic nitrogens is 1. The maximum atomic E-state index is 13.4. The molecule has 5 heteroatoms. The minimum Gasteiger partial charge on any atom is -0.311 e. The van der Waals surface area contributed by atoms with E-state index in [1.54, 1.807) is 12.3 Å². The van der Waals surface area contributed by atoms with Gasteiger partial charge in [0.15, 0.2) is 0 Å². The fourth-order valence-corrected chi connectivity index (χ4v) is 2.54. The van der Waals surface area contributed by atoms with Gasteiger partial charge in [0, 0.05) is 10.7 Å². The van der Waals surface area contributed by atoms with Gasteiger partial charge in [-0.05, 0) is 59.2 Å². The molecule has 0 radical (unpaired) electrons. The summed E-state index contributed by atoms with van der Waals surface area (Å²) in [5, 5.41) is 3.34. The summed E-state index contributed by atoms with van der Waals surface area (Å²) >= 11 is 9.16. The maximum Gasteiger partial charge on any atom is 0.142 e. The van der Waals surface area contributed by atoms with Gasteiger partial charge in [0.25, 0.3) is 0 Å². The van der Waals surface area contributed by atoms with Crippen LogP contribution in [0.1, 0.15) is 17.3 Å². The number of halogens is 3. The molecule has 2 rings (SSSR count). The molecule has 0 bridgehead atoms. The van der Waals surface area contributed by atoms with Crippen molar-refractivity contribution in [3.05, 3.63) is 63.1 Å². The summed E-state index contributed by atoms with van der Waals surface area (Å²) in [7, 11) is 1.86. The number of nitrogens with zero attached hydrogens (tertiary/aromatic N) is 1. The molecule has 0 amide bonds. The fraction of sp³-hybridized carbons (Fsp3) is 0.214. The van der Waals surface area contributed by atoms with Crippen molar-refractivity contribution in [2.24, 2.45) is 0 Å². The topological polar surface area (TPSA) is 24.9 Å². The first-order chi connectivity index (χ1) is 9.11. The second-order valence-corrected chi connectivity index (χ2v) is 5.43. The highest BCUT2D eigenvalue weighted by atomic mass is 79.9. The number of pyridine rings is 1. The summed E-state index contributed by atoms with van der Waals surface area (Å²) in [5.41, 5.74) is 1.78. The van der Waals surface area contributed by atoms with E-state index in [1.807, 2.05) is 25.2 Å². The van der Waals surface area contributed by atoms with E-state index in [0.29, 0.717) is 6.42 Å². The van der Waals surface area contributed by atoms with Crippen LogP contribution in [0, 0.1) is 5.82 Å². The lowest BCUT2D eigenvalue weighted by atomic mass is 10.0. The predicted octanol–water partition coefficient (Wildman–Crippen LogP) is 4.14. The van der Waals surface area contributed by atoms with Crippen molar-refractivity contribution in [3.8, 4) is 0 Å². The minimum absolute atomic E-state index is 0.0103. The van der Waals surface area contributed by atoms with Crippen LogP contribution >= 0.6 is 27.5 Å². The molecule has 2 aromatic rings. The fourth-order valence-electron chi connectivity index (χ4n) is 1.89. The minimum atomic E-state index is -0.394. The van der Waals surface area contributed by atoms with Crippen LogP contribution < -0.4 is 5.32 Å². The molecule has 0 aliphatic heterocycles. The average Bonchev–Trinajstić information content (AvgIpc) is 2.41. The quantitative estimate of drug-likeness (QED) is 0.902. The molecule has 1 N–H and O–H groups in total. The monoisotopic (exact) mass is 342 g/mol. The van der Waals surface area contributed by atoms with Crippen molar-refractivity contribution >= 4 is 27.5 Å². The van der Waals surface area contributed by atoms with E-state index < -0.39 is 5.82 Å². The lowest BCUT2D eigenvalue weighted by Gasteiger charge is -2.17. The van der Waals surface area contributed by atoms with Crippen LogP contribution in [-0.4, -0.2) is 12.0 Å². The highest BCUT2D eigenvalue weighted by Crippen LogP contribution is 2.25. The Kier molecular flexibility index (Phi) is 4.91. The third-order valence-electron chi connectivity index (χ3n) is 2.89. The van der Waals surface area contributed by atoms with Gasteiger partial charge in [0.2, 0.25) is 0 Å². The Balaban J connectivity index is 2.24. The summed E-state index contributed by atoms with van der Waals surface area (Å²) in [4.78, 5) is 4.36. The molecule has 0 saturated carbocycles. The molecule has 1 aromatic heterocycles. The van der Waals surface area contributed by atoms with Crippen molar-refractivity contribution in [3.63, 3.8) is 0 Å². The van der Waals surface area contributed by atoms with Crippen LogP contribution in [0.3, 0.4) is 0 Å². The molecule has 100 valence electrons. The second-order valence-electron chi connectivity index (χ2n) is 4.16. The van der Waals surface area contributed by atoms with E-state index in [9.17, 15) is 4.39 Å². The molecule has 1 unspecified atom stereocenters. The molecule has 0 aliphatic rings. The Labute approximate surface area is 125 Å². The van der Waals surface area contributed by atoms with E-state index in [-0.39, 0.29) is 11.1 Å². The molecular weight excluding hydrogens is 331 g/mol. The highest BCUT2D eigenvalue weighted by molar-refractivity contribution is 9.10. The van der Waals surface area contributed by atoms with Gasteiger partial charge in [0.1, 0.15) is 5.82 Å². The lowest BCUT2D eigenvalue weighted by Crippen LogP contribution is -2.20. The highest BCUT2D eigenvalue weighted by Gasteiger charge is 2.15. The van der Waals surface area contributed by atoms with Crippen LogP contribution in [0.5, 0.6) is 0 Å². The van der Waals surface area contributed by atoms with Crippen LogP contribution in [0.2, 0.25) is 5.02 Å². The number of hydrogen-bond acceptors (Lipinski definition) is 2. The van der Waals surface area contributed by atoms with Gasteiger partial charge in [-0.1, -0.05) is 17.7 Å². The molecular formula is C14H13BrClFN2. The maximum absolute atomic E-state index is 13.4. The predicted molar refractivity (Wildman–Crippen MR) is 78.9 cm³/mol. The van der Waals surface area contributed by atoms with Crippen molar-refractivity contribution < 1.29 is 4.39 Å². The smallest absolute Gasteiger partial charge is 0.142 e. The summed E-state index contributed by atoms with van der Waals surface area (Å²) in [6.45, 7) is 0. The van der Waals surface area contributed by atoms with Crippen molar-refractivity contribution in [1.82, 2.24) is 10.3 Å². The summed E-state index contributed by atoms with van der Waals surface area (Å²) in [6, 6.07) is 8.68. The number of hydrogen-bond donors (Lipinski definition) is 1. The van der Waals surface area contributed by atoms with Gasteiger partial charge in [-0.15, -0.1) is 0 Å². The van der Waals surface area contributed by atoms with Gasteiger partial charge in [-0.3, -0.25) is 4.98 Å². The van der Waals surface area contributed by atoms with Crippen LogP contribution in [0.15, 0.2) is 41.0 Å². The normalized spacial score (nSPS) is 12.4. The van der Waals surface area contributed by atoms with E-state index >= 15 is 0 Å². The Morgan fingerprint density at radius 3 is 2.84 bits per heavy atom. The second kappa shape index (κ2) is 6.46. The van der Waals surface area contributed by atoms with E-state index in [0.717, 1.165) is 15.7 Å². The molecule has 0 fully saturated rings. The van der Waals surface area contributed by atoms with Crippen LogP contribution in [-0.2, 0) is 6.42 Å². The number of likely N-dealkylation sites (N-methyl/N-ethyl adjacent to an activating group) is 1. The Hall–Kier alpha value is -0.970. The Morgan fingerprint density at radius 1 is 1.42 bits per heavy atom. The molecule has 2 nitrogen and oxygen atoms in total. The number of nitrogens with one attached hydrogen (secondary N) is 1. The third kappa shape index (κ3) is 3.53. The average molecular weight is 344 g/mol. The van der Waals surface area contributed by atoms with Gasteiger partial charge in [-0.25, -0.2) is 4.39 Å². The van der Waals surface area contributed by atoms with Gasteiger partial charge in [-0.2, -0.15) is 0 Å². The molecule has 0 aliphatic carbocycles. The zero-order valence-electron chi connectivity index (χ0n) is 10.3. The van der Waals surface area contributed by atoms with E-state index in [1.165, 1.54) is 6.07 Å².